The van der Waals surface area contributed by atoms with Crippen molar-refractivity contribution in [2.75, 3.05) is 6.54 Å². The number of hydrogen-bond acceptors (Lipinski definition) is 2. The van der Waals surface area contributed by atoms with Crippen LogP contribution in [0.4, 0.5) is 4.79 Å². The second-order valence-corrected chi connectivity index (χ2v) is 8.97. The third kappa shape index (κ3) is 3.97. The first kappa shape index (κ1) is 19.3. The molecule has 3 nitrogen and oxygen atoms in total. The van der Waals surface area contributed by atoms with Gasteiger partial charge in [-0.3, -0.25) is 0 Å². The molecule has 2 atom stereocenters. The zero-order valence-corrected chi connectivity index (χ0v) is 16.6. The van der Waals surface area contributed by atoms with Crippen molar-refractivity contribution in [2.24, 2.45) is 16.7 Å². The summed E-state index contributed by atoms with van der Waals surface area (Å²) in [7, 11) is 0. The molecule has 3 heteroatoms. The fraction of sp³-hybridized carbons (Fsp3) is 0.857. The van der Waals surface area contributed by atoms with Gasteiger partial charge in [0, 0.05) is 12.6 Å². The first-order valence-electron chi connectivity index (χ1n) is 9.88. The van der Waals surface area contributed by atoms with Crippen LogP contribution in [0, 0.1) is 16.7 Å². The monoisotopic (exact) mass is 335 g/mol. The van der Waals surface area contributed by atoms with Crippen molar-refractivity contribution in [2.45, 2.75) is 92.2 Å². The summed E-state index contributed by atoms with van der Waals surface area (Å²) in [4.78, 5) is 15.0. The molecule has 1 heterocycles. The summed E-state index contributed by atoms with van der Waals surface area (Å²) in [5, 5.41) is 0. The summed E-state index contributed by atoms with van der Waals surface area (Å²) in [6.45, 7) is 14.4. The Kier molecular flexibility index (Phi) is 6.04. The minimum atomic E-state index is -0.0884. The Morgan fingerprint density at radius 2 is 1.88 bits per heavy atom. The van der Waals surface area contributed by atoms with Crippen molar-refractivity contribution >= 4 is 6.09 Å². The lowest BCUT2D eigenvalue weighted by Gasteiger charge is -2.53. The van der Waals surface area contributed by atoms with E-state index in [0.717, 1.165) is 38.6 Å². The van der Waals surface area contributed by atoms with Gasteiger partial charge in [-0.25, -0.2) is 4.79 Å². The fourth-order valence-electron chi connectivity index (χ4n) is 5.12. The number of ether oxygens (including phenoxy) is 1. The number of allylic oxidation sites excluding steroid dienone is 2. The van der Waals surface area contributed by atoms with Crippen molar-refractivity contribution in [1.82, 2.24) is 4.90 Å². The first-order chi connectivity index (χ1) is 11.2. The Morgan fingerprint density at radius 3 is 2.46 bits per heavy atom. The molecule has 1 aliphatic heterocycles. The minimum absolute atomic E-state index is 0.0485. The predicted molar refractivity (Wildman–Crippen MR) is 100 cm³/mol. The number of piperidine rings is 1. The van der Waals surface area contributed by atoms with Crippen LogP contribution >= 0.6 is 0 Å². The molecule has 0 radical (unpaired) electrons. The van der Waals surface area contributed by atoms with Gasteiger partial charge in [0.15, 0.2) is 0 Å². The summed E-state index contributed by atoms with van der Waals surface area (Å²) >= 11 is 0. The predicted octanol–water partition coefficient (Wildman–Crippen LogP) is 5.79. The maximum atomic E-state index is 12.9. The largest absolute Gasteiger partial charge is 0.446 e. The Balaban J connectivity index is 2.25. The molecule has 0 aromatic rings. The zero-order chi connectivity index (χ0) is 18.0. The average Bonchev–Trinajstić information content (AvgIpc) is 2.51. The van der Waals surface area contributed by atoms with Crippen LogP contribution in [0.5, 0.6) is 0 Å². The number of likely N-dealkylation sites (tertiary alicyclic amines) is 1. The van der Waals surface area contributed by atoms with E-state index in [1.165, 1.54) is 6.42 Å². The maximum Gasteiger partial charge on any atom is 0.410 e. The van der Waals surface area contributed by atoms with Crippen LogP contribution in [0.15, 0.2) is 12.2 Å². The molecule has 1 aliphatic carbocycles. The molecule has 2 unspecified atom stereocenters. The molecular formula is C21H37NO2. The van der Waals surface area contributed by atoms with Gasteiger partial charge in [-0.05, 0) is 55.3 Å². The lowest BCUT2D eigenvalue weighted by Crippen LogP contribution is -2.56. The van der Waals surface area contributed by atoms with Crippen molar-refractivity contribution in [1.29, 1.82) is 0 Å². The minimum Gasteiger partial charge on any atom is -0.446 e. The van der Waals surface area contributed by atoms with E-state index in [-0.39, 0.29) is 29.1 Å². The van der Waals surface area contributed by atoms with Gasteiger partial charge in [0.05, 0.1) is 0 Å². The zero-order valence-electron chi connectivity index (χ0n) is 16.6. The fourth-order valence-corrected chi connectivity index (χ4v) is 5.12. The van der Waals surface area contributed by atoms with Gasteiger partial charge in [-0.2, -0.15) is 0 Å². The van der Waals surface area contributed by atoms with Crippen LogP contribution in [0.25, 0.3) is 0 Å². The van der Waals surface area contributed by atoms with E-state index in [2.05, 4.69) is 58.6 Å². The molecular weight excluding hydrogens is 298 g/mol. The van der Waals surface area contributed by atoms with E-state index in [9.17, 15) is 4.79 Å². The molecule has 0 N–H and O–H groups in total. The van der Waals surface area contributed by atoms with Gasteiger partial charge in [-0.15, -0.1) is 0 Å². The Labute approximate surface area is 148 Å². The van der Waals surface area contributed by atoms with Crippen LogP contribution in [-0.2, 0) is 4.74 Å². The highest BCUT2D eigenvalue weighted by Crippen LogP contribution is 2.51. The summed E-state index contributed by atoms with van der Waals surface area (Å²) in [6, 6.07) is 0.288. The lowest BCUT2D eigenvalue weighted by atomic mass is 9.56. The maximum absolute atomic E-state index is 12.9. The molecule has 24 heavy (non-hydrogen) atoms. The van der Waals surface area contributed by atoms with Crippen LogP contribution < -0.4 is 0 Å². The van der Waals surface area contributed by atoms with Gasteiger partial charge in [0.1, 0.15) is 6.10 Å². The van der Waals surface area contributed by atoms with Crippen LogP contribution in [0.3, 0.4) is 0 Å². The van der Waals surface area contributed by atoms with Gasteiger partial charge in [0.25, 0.3) is 0 Å². The topological polar surface area (TPSA) is 29.5 Å². The molecule has 0 saturated carbocycles. The second-order valence-electron chi connectivity index (χ2n) is 8.97. The first-order valence-corrected chi connectivity index (χ1v) is 9.88. The average molecular weight is 336 g/mol. The van der Waals surface area contributed by atoms with Gasteiger partial charge in [0.2, 0.25) is 0 Å². The number of amides is 1. The molecule has 0 aromatic carbocycles. The van der Waals surface area contributed by atoms with E-state index in [4.69, 9.17) is 4.74 Å². The van der Waals surface area contributed by atoms with Gasteiger partial charge < -0.3 is 9.64 Å². The molecule has 138 valence electrons. The molecule has 0 bridgehead atoms. The standard InChI is InChI=1S/C21H37NO2/c1-7-16(8-2)24-19(23)22-15-10-9-12-17(22)18-20(3,4)13-11-14-21(18,5)6/h11,13,16-18H,7-10,12,14-15H2,1-6H3. The molecule has 2 aliphatic rings. The number of hydrogen-bond donors (Lipinski definition) is 0. The second kappa shape index (κ2) is 7.49. The number of nitrogens with zero attached hydrogens (tertiary/aromatic N) is 1. The highest BCUT2D eigenvalue weighted by molar-refractivity contribution is 5.68. The van der Waals surface area contributed by atoms with Crippen molar-refractivity contribution in [3.8, 4) is 0 Å². The molecule has 0 spiro atoms. The molecule has 1 amide bonds. The van der Waals surface area contributed by atoms with Crippen LogP contribution in [0.1, 0.15) is 80.1 Å². The van der Waals surface area contributed by atoms with E-state index in [1.54, 1.807) is 0 Å². The van der Waals surface area contributed by atoms with E-state index in [1.807, 2.05) is 0 Å². The van der Waals surface area contributed by atoms with Crippen molar-refractivity contribution in [3.63, 3.8) is 0 Å². The summed E-state index contributed by atoms with van der Waals surface area (Å²) in [5.74, 6) is 0.463. The third-order valence-electron chi connectivity index (χ3n) is 6.18. The molecule has 2 rings (SSSR count). The molecule has 1 saturated heterocycles. The number of carbonyl (C=O) groups excluding carboxylic acids is 1. The smallest absolute Gasteiger partial charge is 0.410 e. The highest BCUT2D eigenvalue weighted by Gasteiger charge is 2.49. The Bertz CT molecular complexity index is 462. The molecule has 0 aromatic heterocycles. The summed E-state index contributed by atoms with van der Waals surface area (Å²) in [5.41, 5.74) is 0.310. The Morgan fingerprint density at radius 1 is 1.21 bits per heavy atom. The summed E-state index contributed by atoms with van der Waals surface area (Å²) < 4.78 is 5.81. The van der Waals surface area contributed by atoms with Crippen LogP contribution in [0.2, 0.25) is 0 Å². The molecule has 1 fully saturated rings. The number of carbonyl (C=O) groups is 1. The van der Waals surface area contributed by atoms with Gasteiger partial charge in [-0.1, -0.05) is 53.7 Å². The normalized spacial score (nSPS) is 28.9. The van der Waals surface area contributed by atoms with E-state index < -0.39 is 0 Å². The van der Waals surface area contributed by atoms with E-state index >= 15 is 0 Å². The van der Waals surface area contributed by atoms with Crippen molar-refractivity contribution < 1.29 is 9.53 Å². The van der Waals surface area contributed by atoms with Gasteiger partial charge >= 0.3 is 6.09 Å². The third-order valence-corrected chi connectivity index (χ3v) is 6.18. The van der Waals surface area contributed by atoms with Crippen molar-refractivity contribution in [3.05, 3.63) is 12.2 Å². The SMILES string of the molecule is CCC(CC)OC(=O)N1CCCCC1C1C(C)(C)C=CCC1(C)C. The van der Waals surface area contributed by atoms with Crippen LogP contribution in [-0.4, -0.2) is 29.7 Å². The lowest BCUT2D eigenvalue weighted by molar-refractivity contribution is -0.0260. The number of rotatable bonds is 4. The quantitative estimate of drug-likeness (QED) is 0.608. The van der Waals surface area contributed by atoms with E-state index in [0.29, 0.717) is 5.92 Å². The Hall–Kier alpha value is -0.990. The highest BCUT2D eigenvalue weighted by atomic mass is 16.6. The summed E-state index contributed by atoms with van der Waals surface area (Å²) in [6.07, 6.45) is 10.9.